The molecule has 1 aliphatic heterocycles. The fraction of sp³-hybridized carbons (Fsp3) is 0.333. The average molecular weight is 555 g/mol. The van der Waals surface area contributed by atoms with Crippen LogP contribution >= 0.6 is 31.9 Å². The van der Waals surface area contributed by atoms with Gasteiger partial charge in [-0.25, -0.2) is 0 Å². The van der Waals surface area contributed by atoms with Crippen LogP contribution in [-0.2, 0) is 19.7 Å². The Kier molecular flexibility index (Phi) is 4.83. The maximum absolute atomic E-state index is 13.1. The molecule has 0 aromatic heterocycles. The minimum Gasteiger partial charge on any atom is -0.379 e. The van der Waals surface area contributed by atoms with E-state index in [0.29, 0.717) is 5.69 Å². The van der Waals surface area contributed by atoms with Crippen LogP contribution in [0.2, 0.25) is 0 Å². The Morgan fingerprint density at radius 1 is 0.833 bits per heavy atom. The molecule has 2 amide bonds. The predicted octanol–water partition coefficient (Wildman–Crippen LogP) is 3.74. The molecular weight excluding hydrogens is 538 g/mol. The van der Waals surface area contributed by atoms with Crippen LogP contribution in [-0.4, -0.2) is 29.9 Å². The van der Waals surface area contributed by atoms with E-state index in [4.69, 9.17) is 4.18 Å². The summed E-state index contributed by atoms with van der Waals surface area (Å²) >= 11 is 7.35. The van der Waals surface area contributed by atoms with Gasteiger partial charge in [0.15, 0.2) is 0 Å². The molecule has 1 saturated heterocycles. The highest BCUT2D eigenvalue weighted by molar-refractivity contribution is 9.12. The molecule has 3 aliphatic rings. The summed E-state index contributed by atoms with van der Waals surface area (Å²) in [7, 11) is -3.96. The smallest absolute Gasteiger partial charge is 0.339 e. The van der Waals surface area contributed by atoms with Crippen molar-refractivity contribution in [3.63, 3.8) is 0 Å². The van der Waals surface area contributed by atoms with Crippen LogP contribution < -0.4 is 9.08 Å². The van der Waals surface area contributed by atoms with Crippen LogP contribution in [0.25, 0.3) is 0 Å². The Bertz CT molecular complexity index is 1090. The molecule has 9 heteroatoms. The number of alkyl halides is 2. The molecule has 30 heavy (non-hydrogen) atoms. The molecule has 0 N–H and O–H groups in total. The number of carbonyl (C=O) groups is 2. The molecule has 0 radical (unpaired) electrons. The number of hydrogen-bond acceptors (Lipinski definition) is 5. The number of imide groups is 1. The Hall–Kier alpha value is -1.71. The molecule has 6 unspecified atom stereocenters. The Morgan fingerprint density at radius 2 is 1.37 bits per heavy atom. The lowest BCUT2D eigenvalue weighted by Crippen LogP contribution is -2.37. The van der Waals surface area contributed by atoms with Crippen LogP contribution in [0, 0.1) is 23.7 Å². The molecule has 0 spiro atoms. The van der Waals surface area contributed by atoms with Crippen molar-refractivity contribution in [2.24, 2.45) is 23.7 Å². The Morgan fingerprint density at radius 3 is 1.90 bits per heavy atom. The van der Waals surface area contributed by atoms with E-state index in [2.05, 4.69) is 31.9 Å². The molecule has 5 rings (SSSR count). The van der Waals surface area contributed by atoms with E-state index in [1.807, 2.05) is 0 Å². The summed E-state index contributed by atoms with van der Waals surface area (Å²) in [4.78, 5) is 27.8. The first kappa shape index (κ1) is 20.2. The van der Waals surface area contributed by atoms with Gasteiger partial charge >= 0.3 is 10.1 Å². The summed E-state index contributed by atoms with van der Waals surface area (Å²) in [5.41, 5.74) is 0.431. The molecule has 6 atom stereocenters. The van der Waals surface area contributed by atoms with Crippen molar-refractivity contribution < 1.29 is 22.2 Å². The van der Waals surface area contributed by atoms with Crippen molar-refractivity contribution in [2.75, 3.05) is 4.90 Å². The molecule has 2 aromatic rings. The molecule has 2 bridgehead atoms. The van der Waals surface area contributed by atoms with Crippen molar-refractivity contribution >= 4 is 59.5 Å². The summed E-state index contributed by atoms with van der Waals surface area (Å²) in [5.74, 6) is -0.541. The van der Waals surface area contributed by atoms with Gasteiger partial charge in [-0.05, 0) is 54.7 Å². The van der Waals surface area contributed by atoms with E-state index in [-0.39, 0.29) is 55.8 Å². The van der Waals surface area contributed by atoms with Gasteiger partial charge < -0.3 is 4.18 Å². The Balaban J connectivity index is 1.38. The molecule has 2 saturated carbocycles. The first-order valence-electron chi connectivity index (χ1n) is 9.55. The zero-order valence-electron chi connectivity index (χ0n) is 15.5. The molecule has 2 aromatic carbocycles. The third kappa shape index (κ3) is 2.97. The summed E-state index contributed by atoms with van der Waals surface area (Å²) in [5, 5.41) is 0. The summed E-state index contributed by atoms with van der Waals surface area (Å²) in [6.45, 7) is 0. The van der Waals surface area contributed by atoms with Crippen molar-refractivity contribution in [3.05, 3.63) is 54.6 Å². The van der Waals surface area contributed by atoms with Crippen molar-refractivity contribution in [1.29, 1.82) is 0 Å². The van der Waals surface area contributed by atoms with Gasteiger partial charge in [0.25, 0.3) is 0 Å². The second kappa shape index (κ2) is 7.17. The number of carbonyl (C=O) groups excluding carboxylic acids is 2. The maximum atomic E-state index is 13.1. The molecular formula is C21H17Br2NO5S. The quantitative estimate of drug-likeness (QED) is 0.327. The normalized spacial score (nSPS) is 32.5. The highest BCUT2D eigenvalue weighted by atomic mass is 79.9. The summed E-state index contributed by atoms with van der Waals surface area (Å²) in [6, 6.07) is 13.9. The SMILES string of the molecule is O=C1C2C3CC(C(Br)C3Br)C2C(=O)N1c1ccc(OS(=O)(=O)c2ccccc2)cc1. The number of hydrogen-bond donors (Lipinski definition) is 0. The predicted molar refractivity (Wildman–Crippen MR) is 117 cm³/mol. The lowest BCUT2D eigenvalue weighted by Gasteiger charge is -2.28. The lowest BCUT2D eigenvalue weighted by molar-refractivity contribution is -0.123. The van der Waals surface area contributed by atoms with Gasteiger partial charge in [0.05, 0.1) is 17.5 Å². The van der Waals surface area contributed by atoms with E-state index in [1.165, 1.54) is 29.2 Å². The molecule has 2 aliphatic carbocycles. The zero-order chi connectivity index (χ0) is 21.2. The average Bonchev–Trinajstić information content (AvgIpc) is 3.34. The fourth-order valence-electron chi connectivity index (χ4n) is 5.02. The third-order valence-corrected chi connectivity index (χ3v) is 10.8. The van der Waals surface area contributed by atoms with Gasteiger partial charge in [-0.3, -0.25) is 14.5 Å². The van der Waals surface area contributed by atoms with Gasteiger partial charge in [0, 0.05) is 9.65 Å². The van der Waals surface area contributed by atoms with E-state index in [1.54, 1.807) is 30.3 Å². The molecule has 6 nitrogen and oxygen atoms in total. The standard InChI is InChI=1S/C21H17Br2NO5S/c22-18-14-10-15(19(18)23)17-16(14)20(25)24(21(17)26)11-6-8-12(9-7-11)29-30(27,28)13-4-2-1-3-5-13/h1-9,14-19H,10H2. The number of halogens is 2. The monoisotopic (exact) mass is 553 g/mol. The van der Waals surface area contributed by atoms with Crippen molar-refractivity contribution in [3.8, 4) is 5.75 Å². The first-order chi connectivity index (χ1) is 14.3. The maximum Gasteiger partial charge on any atom is 0.339 e. The minimum absolute atomic E-state index is 0.0518. The highest BCUT2D eigenvalue weighted by Crippen LogP contribution is 2.60. The first-order valence-corrected chi connectivity index (χ1v) is 12.8. The number of nitrogens with zero attached hydrogens (tertiary/aromatic N) is 1. The fourth-order valence-corrected chi connectivity index (χ4v) is 7.84. The topological polar surface area (TPSA) is 80.8 Å². The van der Waals surface area contributed by atoms with E-state index in [0.717, 1.165) is 6.42 Å². The van der Waals surface area contributed by atoms with Gasteiger partial charge in [0.2, 0.25) is 11.8 Å². The highest BCUT2D eigenvalue weighted by Gasteiger charge is 2.66. The number of fused-ring (bicyclic) bond motifs is 5. The second-order valence-electron chi connectivity index (χ2n) is 7.86. The van der Waals surface area contributed by atoms with Gasteiger partial charge in [0.1, 0.15) is 10.6 Å². The zero-order valence-corrected chi connectivity index (χ0v) is 19.5. The number of anilines is 1. The van der Waals surface area contributed by atoms with E-state index < -0.39 is 10.1 Å². The van der Waals surface area contributed by atoms with E-state index in [9.17, 15) is 18.0 Å². The van der Waals surface area contributed by atoms with Crippen LogP contribution in [0.1, 0.15) is 6.42 Å². The second-order valence-corrected chi connectivity index (χ2v) is 11.5. The van der Waals surface area contributed by atoms with E-state index >= 15 is 0 Å². The van der Waals surface area contributed by atoms with Crippen molar-refractivity contribution in [2.45, 2.75) is 21.0 Å². The van der Waals surface area contributed by atoms with Crippen molar-refractivity contribution in [1.82, 2.24) is 0 Å². The third-order valence-electron chi connectivity index (χ3n) is 6.32. The minimum atomic E-state index is -3.96. The number of benzene rings is 2. The molecule has 1 heterocycles. The summed E-state index contributed by atoms with van der Waals surface area (Å²) < 4.78 is 29.9. The molecule has 3 fully saturated rings. The Labute approximate surface area is 191 Å². The van der Waals surface area contributed by atoms with Crippen LogP contribution in [0.4, 0.5) is 5.69 Å². The lowest BCUT2D eigenvalue weighted by atomic mass is 9.81. The number of rotatable bonds is 4. The van der Waals surface area contributed by atoms with Crippen LogP contribution in [0.5, 0.6) is 5.75 Å². The summed E-state index contributed by atoms with van der Waals surface area (Å²) in [6.07, 6.45) is 0.872. The number of amides is 2. The van der Waals surface area contributed by atoms with Gasteiger partial charge in [-0.15, -0.1) is 0 Å². The van der Waals surface area contributed by atoms with Crippen LogP contribution in [0.3, 0.4) is 0 Å². The van der Waals surface area contributed by atoms with Crippen LogP contribution in [0.15, 0.2) is 59.5 Å². The van der Waals surface area contributed by atoms with Gasteiger partial charge in [-0.1, -0.05) is 50.1 Å². The molecule has 156 valence electrons. The van der Waals surface area contributed by atoms with Gasteiger partial charge in [-0.2, -0.15) is 8.42 Å². The largest absolute Gasteiger partial charge is 0.379 e.